The maximum absolute atomic E-state index is 12.7. The number of aliphatic hydroxyl groups excluding tert-OH is 4. The van der Waals surface area contributed by atoms with Crippen LogP contribution in [0.3, 0.4) is 0 Å². The van der Waals surface area contributed by atoms with Gasteiger partial charge < -0.3 is 51.2 Å². The summed E-state index contributed by atoms with van der Waals surface area (Å²) >= 11 is 0.0800. The molecule has 0 saturated carbocycles. The summed E-state index contributed by atoms with van der Waals surface area (Å²) in [5, 5.41) is 42.3. The number of anilines is 2. The fourth-order valence-corrected chi connectivity index (χ4v) is 9.85. The second kappa shape index (κ2) is 12.5. The first-order valence-corrected chi connectivity index (χ1v) is 18.3. The Kier molecular flexibility index (Phi) is 9.04. The van der Waals surface area contributed by atoms with Crippen LogP contribution in [0.15, 0.2) is 22.2 Å². The number of phosphoric acid groups is 1. The van der Waals surface area contributed by atoms with E-state index in [4.69, 9.17) is 25.5 Å². The average molecular weight is 740 g/mol. The third kappa shape index (κ3) is 6.40. The lowest BCUT2D eigenvalue weighted by atomic mass is 10.1. The largest absolute Gasteiger partial charge is 0.480 e. The SMILES string of the molecule is Cn1c[n+]([C@@H]2O[C@H](CSP(=O)(O)OP(=O)(O)OC[C@H]3O[C@@H](n4cnc5c(=O)[nH]c(N)nc54)C(O)[C@H]3O)C(O)[C@@H]2O)c2nc(N)[nH]c(=O)c21. The van der Waals surface area contributed by atoms with E-state index in [-0.39, 0.29) is 45.6 Å². The van der Waals surface area contributed by atoms with Gasteiger partial charge in [-0.3, -0.25) is 33.2 Å². The number of aliphatic hydroxyl groups is 4. The van der Waals surface area contributed by atoms with E-state index >= 15 is 0 Å². The number of aromatic amines is 2. The number of aryl methyl sites for hydroxylation is 1. The number of rotatable bonds is 10. The van der Waals surface area contributed by atoms with Crippen LogP contribution < -0.4 is 27.2 Å². The van der Waals surface area contributed by atoms with Gasteiger partial charge in [0.1, 0.15) is 30.5 Å². The van der Waals surface area contributed by atoms with Gasteiger partial charge in [-0.15, -0.1) is 0 Å². The molecule has 2 aliphatic rings. The Hall–Kier alpha value is -3.29. The first kappa shape index (κ1) is 34.6. The van der Waals surface area contributed by atoms with Gasteiger partial charge in [-0.2, -0.15) is 9.29 Å². The summed E-state index contributed by atoms with van der Waals surface area (Å²) in [7, 11) is -3.82. The third-order valence-electron chi connectivity index (χ3n) is 7.47. The zero-order valence-electron chi connectivity index (χ0n) is 24.3. The lowest BCUT2D eigenvalue weighted by Crippen LogP contribution is -2.46. The molecule has 0 aromatic carbocycles. The van der Waals surface area contributed by atoms with E-state index in [1.54, 1.807) is 0 Å². The van der Waals surface area contributed by atoms with Crippen molar-refractivity contribution in [3.63, 3.8) is 0 Å². The van der Waals surface area contributed by atoms with Gasteiger partial charge in [0.2, 0.25) is 17.7 Å². The molecular weight excluding hydrogens is 710 g/mol. The number of fused-ring (bicyclic) bond motifs is 2. The van der Waals surface area contributed by atoms with Crippen molar-refractivity contribution < 1.29 is 62.2 Å². The molecule has 4 aromatic heterocycles. The quantitative estimate of drug-likeness (QED) is 0.0548. The zero-order chi connectivity index (χ0) is 34.9. The van der Waals surface area contributed by atoms with E-state index < -0.39 is 87.2 Å². The highest BCUT2D eigenvalue weighted by molar-refractivity contribution is 8.55. The molecule has 0 radical (unpaired) electrons. The van der Waals surface area contributed by atoms with E-state index in [1.165, 1.54) is 22.5 Å². The molecule has 24 nitrogen and oxygen atoms in total. The van der Waals surface area contributed by atoms with Crippen LogP contribution in [0.4, 0.5) is 11.9 Å². The van der Waals surface area contributed by atoms with Gasteiger partial charge in [0, 0.05) is 5.75 Å². The molecule has 6 rings (SSSR count). The number of ether oxygens (including phenoxy) is 2. The van der Waals surface area contributed by atoms with Gasteiger partial charge in [-0.05, 0) is 11.4 Å². The molecular formula is C21H29N10O14P2S+. The first-order valence-electron chi connectivity index (χ1n) is 13.6. The van der Waals surface area contributed by atoms with Crippen molar-refractivity contribution in [3.05, 3.63) is 33.4 Å². The van der Waals surface area contributed by atoms with E-state index in [2.05, 4.69) is 29.2 Å². The van der Waals surface area contributed by atoms with Gasteiger partial charge in [0.25, 0.3) is 17.1 Å². The van der Waals surface area contributed by atoms with Crippen LogP contribution in [0.2, 0.25) is 0 Å². The van der Waals surface area contributed by atoms with E-state index in [1.807, 2.05) is 0 Å². The maximum Gasteiger partial charge on any atom is 0.480 e. The minimum atomic E-state index is -5.34. The third-order valence-corrected chi connectivity index (χ3v) is 12.4. The number of nitrogens with zero attached hydrogens (tertiary/aromatic N) is 6. The molecule has 2 saturated heterocycles. The second-order valence-corrected chi connectivity index (χ2v) is 16.3. The lowest BCUT2D eigenvalue weighted by Gasteiger charge is -2.20. The van der Waals surface area contributed by atoms with Gasteiger partial charge >= 0.3 is 20.3 Å². The van der Waals surface area contributed by atoms with Crippen LogP contribution in [0.5, 0.6) is 0 Å². The standard InChI is InChI=1S/C21H28N10O14P2S/c1-29-5-31(15-9(29)17(37)28-21(23)26-15)19-13(35)11(33)7(44-19)3-48-47(40,41)45-46(38,39)42-2-6-10(32)12(34)18(43-6)30-4-24-8-14(30)25-20(22)27-16(8)36/h4-7,10-13,18-19,32-35H,2-3H2,1H3,(H7-,22,23,25,26,27,28,36,37,38,39,40,41)/p+1/t6-,7-,10+,11?,12?,13+,18-,19-/m1/s1. The summed E-state index contributed by atoms with van der Waals surface area (Å²) in [6.07, 6.45) is -9.68. The number of phosphoric ester groups is 1. The van der Waals surface area contributed by atoms with Crippen molar-refractivity contribution in [2.75, 3.05) is 23.8 Å². The monoisotopic (exact) mass is 739 g/mol. The molecule has 27 heteroatoms. The number of nitrogen functional groups attached to an aromatic ring is 2. The topological polar surface area (TPSA) is 363 Å². The molecule has 2 aliphatic heterocycles. The maximum atomic E-state index is 12.7. The van der Waals surface area contributed by atoms with Crippen molar-refractivity contribution in [2.24, 2.45) is 7.05 Å². The molecule has 0 spiro atoms. The van der Waals surface area contributed by atoms with E-state index in [9.17, 15) is 48.9 Å². The van der Waals surface area contributed by atoms with Gasteiger partial charge in [0.15, 0.2) is 23.7 Å². The lowest BCUT2D eigenvalue weighted by molar-refractivity contribution is -0.745. The predicted octanol–water partition coefficient (Wildman–Crippen LogP) is -3.95. The number of aromatic nitrogens is 8. The first-order chi connectivity index (χ1) is 22.5. The van der Waals surface area contributed by atoms with Crippen LogP contribution in [0.25, 0.3) is 22.3 Å². The summed E-state index contributed by atoms with van der Waals surface area (Å²) in [4.78, 5) is 61.3. The molecule has 6 heterocycles. The minimum Gasteiger partial charge on any atom is -0.387 e. The molecule has 12 N–H and O–H groups in total. The summed E-state index contributed by atoms with van der Waals surface area (Å²) in [6, 6.07) is 0. The molecule has 4 aromatic rings. The average Bonchev–Trinajstić information content (AvgIpc) is 3.70. The number of H-pyrrole nitrogens is 2. The Morgan fingerprint density at radius 1 is 1.00 bits per heavy atom. The van der Waals surface area contributed by atoms with Crippen LogP contribution in [-0.4, -0.2) is 113 Å². The molecule has 4 unspecified atom stereocenters. The molecule has 0 bridgehead atoms. The highest BCUT2D eigenvalue weighted by Crippen LogP contribution is 2.67. The number of nitrogens with two attached hydrogens (primary N) is 2. The summed E-state index contributed by atoms with van der Waals surface area (Å²) in [5.74, 6) is -1.02. The number of imidazole rings is 2. The van der Waals surface area contributed by atoms with E-state index in [0.29, 0.717) is 0 Å². The summed E-state index contributed by atoms with van der Waals surface area (Å²) < 4.78 is 49.5. The Morgan fingerprint density at radius 3 is 2.40 bits per heavy atom. The van der Waals surface area contributed by atoms with Crippen molar-refractivity contribution in [3.8, 4) is 0 Å². The number of hydrogen-bond donors (Lipinski definition) is 10. The fraction of sp³-hybridized carbons (Fsp3) is 0.524. The van der Waals surface area contributed by atoms with Crippen LogP contribution in [0, 0.1) is 0 Å². The van der Waals surface area contributed by atoms with Crippen molar-refractivity contribution in [1.29, 1.82) is 0 Å². The Bertz CT molecular complexity index is 2090. The molecule has 10 atom stereocenters. The van der Waals surface area contributed by atoms with Gasteiger partial charge in [-0.25, -0.2) is 18.7 Å². The fourth-order valence-electron chi connectivity index (χ4n) is 5.29. The Labute approximate surface area is 269 Å². The Balaban J connectivity index is 1.07. The molecule has 2 fully saturated rings. The second-order valence-electron chi connectivity index (χ2n) is 10.7. The molecule has 0 aliphatic carbocycles. The number of hydrogen-bond acceptors (Lipinski definition) is 18. The minimum absolute atomic E-state index is 0.0167. The summed E-state index contributed by atoms with van der Waals surface area (Å²) in [5.41, 5.74) is 9.80. The van der Waals surface area contributed by atoms with Crippen molar-refractivity contribution in [1.82, 2.24) is 34.1 Å². The summed E-state index contributed by atoms with van der Waals surface area (Å²) in [6.45, 7) is -5.95. The van der Waals surface area contributed by atoms with Crippen LogP contribution in [0.1, 0.15) is 12.5 Å². The van der Waals surface area contributed by atoms with Crippen LogP contribution >= 0.6 is 26.0 Å². The normalized spacial score (nSPS) is 30.2. The Morgan fingerprint density at radius 2 is 1.67 bits per heavy atom. The number of nitrogens with one attached hydrogen (secondary N) is 2. The van der Waals surface area contributed by atoms with Gasteiger partial charge in [-0.1, -0.05) is 4.98 Å². The highest BCUT2D eigenvalue weighted by atomic mass is 32.7. The van der Waals surface area contributed by atoms with Crippen molar-refractivity contribution in [2.45, 2.75) is 49.1 Å². The predicted molar refractivity (Wildman–Crippen MR) is 159 cm³/mol. The zero-order valence-corrected chi connectivity index (χ0v) is 26.9. The van der Waals surface area contributed by atoms with Crippen molar-refractivity contribution >= 4 is 60.2 Å². The van der Waals surface area contributed by atoms with Gasteiger partial charge in [0.05, 0.1) is 26.1 Å². The smallest absolute Gasteiger partial charge is 0.387 e. The highest BCUT2D eigenvalue weighted by Gasteiger charge is 2.49. The van der Waals surface area contributed by atoms with E-state index in [0.717, 1.165) is 10.9 Å². The molecule has 262 valence electrons. The molecule has 0 amide bonds. The van der Waals surface area contributed by atoms with Crippen LogP contribution in [-0.2, 0) is 34.5 Å². The molecule has 48 heavy (non-hydrogen) atoms.